The fraction of sp³-hybridized carbons (Fsp3) is 0.462. The molecular weight excluding hydrogens is 219 g/mol. The molecule has 4 heteroatoms. The van der Waals surface area contributed by atoms with Gasteiger partial charge in [-0.1, -0.05) is 12.1 Å². The van der Waals surface area contributed by atoms with Gasteiger partial charge in [0.05, 0.1) is 6.04 Å². The van der Waals surface area contributed by atoms with Crippen LogP contribution in [-0.4, -0.2) is 18.5 Å². The van der Waals surface area contributed by atoms with E-state index < -0.39 is 0 Å². The molecule has 1 atom stereocenters. The Morgan fingerprint density at radius 2 is 2.18 bits per heavy atom. The van der Waals surface area contributed by atoms with Crippen molar-refractivity contribution < 1.29 is 9.18 Å². The summed E-state index contributed by atoms with van der Waals surface area (Å²) in [4.78, 5) is 11.5. The molecule has 0 aliphatic heterocycles. The Morgan fingerprint density at radius 1 is 1.47 bits per heavy atom. The Hall–Kier alpha value is -1.42. The molecule has 0 aliphatic carbocycles. The van der Waals surface area contributed by atoms with Crippen molar-refractivity contribution in [2.45, 2.75) is 33.4 Å². The van der Waals surface area contributed by atoms with Gasteiger partial charge in [-0.15, -0.1) is 0 Å². The van der Waals surface area contributed by atoms with E-state index in [0.717, 1.165) is 5.56 Å². The van der Waals surface area contributed by atoms with Crippen LogP contribution in [0.4, 0.5) is 4.39 Å². The monoisotopic (exact) mass is 238 g/mol. The summed E-state index contributed by atoms with van der Waals surface area (Å²) >= 11 is 0. The van der Waals surface area contributed by atoms with Gasteiger partial charge < -0.3 is 10.6 Å². The predicted octanol–water partition coefficient (Wildman–Crippen LogP) is 1.75. The Kier molecular flexibility index (Phi) is 5.10. The van der Waals surface area contributed by atoms with Crippen molar-refractivity contribution in [1.29, 1.82) is 0 Å². The molecule has 1 aromatic carbocycles. The third kappa shape index (κ3) is 4.15. The summed E-state index contributed by atoms with van der Waals surface area (Å²) in [7, 11) is 0. The SMILES string of the molecule is CCNC(=O)C(C)NCc1ccc(F)c(C)c1. The van der Waals surface area contributed by atoms with E-state index in [1.54, 1.807) is 26.0 Å². The van der Waals surface area contributed by atoms with Crippen molar-refractivity contribution in [3.8, 4) is 0 Å². The van der Waals surface area contributed by atoms with Gasteiger partial charge >= 0.3 is 0 Å². The molecule has 94 valence electrons. The minimum Gasteiger partial charge on any atom is -0.355 e. The Balaban J connectivity index is 2.50. The molecule has 3 nitrogen and oxygen atoms in total. The van der Waals surface area contributed by atoms with E-state index in [0.29, 0.717) is 18.7 Å². The summed E-state index contributed by atoms with van der Waals surface area (Å²) in [6.07, 6.45) is 0. The molecule has 1 rings (SSSR count). The van der Waals surface area contributed by atoms with Crippen LogP contribution in [0.15, 0.2) is 18.2 Å². The molecule has 1 aromatic rings. The zero-order valence-corrected chi connectivity index (χ0v) is 10.5. The van der Waals surface area contributed by atoms with E-state index in [1.165, 1.54) is 6.07 Å². The van der Waals surface area contributed by atoms with Crippen molar-refractivity contribution in [3.63, 3.8) is 0 Å². The standard InChI is InChI=1S/C13H19FN2O/c1-4-15-13(17)10(3)16-8-11-5-6-12(14)9(2)7-11/h5-7,10,16H,4,8H2,1-3H3,(H,15,17). The number of amides is 1. The van der Waals surface area contributed by atoms with Crippen LogP contribution in [0, 0.1) is 12.7 Å². The van der Waals surface area contributed by atoms with Gasteiger partial charge in [-0.25, -0.2) is 4.39 Å². The van der Waals surface area contributed by atoms with Crippen molar-refractivity contribution >= 4 is 5.91 Å². The average Bonchev–Trinajstić information content (AvgIpc) is 2.30. The number of hydrogen-bond donors (Lipinski definition) is 2. The lowest BCUT2D eigenvalue weighted by molar-refractivity contribution is -0.122. The van der Waals surface area contributed by atoms with Crippen LogP contribution in [0.2, 0.25) is 0 Å². The van der Waals surface area contributed by atoms with Crippen LogP contribution < -0.4 is 10.6 Å². The van der Waals surface area contributed by atoms with Crippen molar-refractivity contribution in [2.75, 3.05) is 6.54 Å². The second-order valence-electron chi connectivity index (χ2n) is 4.08. The lowest BCUT2D eigenvalue weighted by Crippen LogP contribution is -2.41. The van der Waals surface area contributed by atoms with Gasteiger partial charge in [0.15, 0.2) is 0 Å². The summed E-state index contributed by atoms with van der Waals surface area (Å²) in [5, 5.41) is 5.84. The van der Waals surface area contributed by atoms with Gasteiger partial charge in [0.1, 0.15) is 5.82 Å². The molecular formula is C13H19FN2O. The van der Waals surface area contributed by atoms with Gasteiger partial charge in [-0.05, 0) is 38.0 Å². The molecule has 1 unspecified atom stereocenters. The lowest BCUT2D eigenvalue weighted by atomic mass is 10.1. The maximum Gasteiger partial charge on any atom is 0.236 e. The fourth-order valence-electron chi connectivity index (χ4n) is 1.51. The summed E-state index contributed by atoms with van der Waals surface area (Å²) < 4.78 is 13.0. The van der Waals surface area contributed by atoms with E-state index in [1.807, 2.05) is 6.92 Å². The minimum atomic E-state index is -0.250. The molecule has 0 spiro atoms. The van der Waals surface area contributed by atoms with Gasteiger partial charge in [-0.2, -0.15) is 0 Å². The van der Waals surface area contributed by atoms with Crippen molar-refractivity contribution in [2.24, 2.45) is 0 Å². The Bertz CT molecular complexity index is 393. The normalized spacial score (nSPS) is 12.2. The van der Waals surface area contributed by atoms with Gasteiger partial charge in [0, 0.05) is 13.1 Å². The highest BCUT2D eigenvalue weighted by molar-refractivity contribution is 5.81. The second-order valence-corrected chi connectivity index (χ2v) is 4.08. The minimum absolute atomic E-state index is 0.0219. The van der Waals surface area contributed by atoms with Crippen LogP contribution in [0.1, 0.15) is 25.0 Å². The summed E-state index contributed by atoms with van der Waals surface area (Å²) in [5.74, 6) is -0.225. The van der Waals surface area contributed by atoms with E-state index in [2.05, 4.69) is 10.6 Å². The lowest BCUT2D eigenvalue weighted by Gasteiger charge is -2.13. The Labute approximate surface area is 101 Å². The van der Waals surface area contributed by atoms with Crippen LogP contribution in [0.25, 0.3) is 0 Å². The van der Waals surface area contributed by atoms with Gasteiger partial charge in [0.2, 0.25) is 5.91 Å². The van der Waals surface area contributed by atoms with E-state index >= 15 is 0 Å². The number of likely N-dealkylation sites (N-methyl/N-ethyl adjacent to an activating group) is 1. The van der Waals surface area contributed by atoms with Crippen LogP contribution in [0.5, 0.6) is 0 Å². The van der Waals surface area contributed by atoms with E-state index in [-0.39, 0.29) is 17.8 Å². The topological polar surface area (TPSA) is 41.1 Å². The molecule has 0 aliphatic rings. The second kappa shape index (κ2) is 6.35. The highest BCUT2D eigenvalue weighted by Gasteiger charge is 2.10. The molecule has 17 heavy (non-hydrogen) atoms. The summed E-state index contributed by atoms with van der Waals surface area (Å²) in [6, 6.07) is 4.70. The first-order valence-corrected chi connectivity index (χ1v) is 5.80. The maximum absolute atomic E-state index is 13.0. The summed E-state index contributed by atoms with van der Waals surface area (Å²) in [5.41, 5.74) is 1.59. The van der Waals surface area contributed by atoms with Crippen molar-refractivity contribution in [1.82, 2.24) is 10.6 Å². The maximum atomic E-state index is 13.0. The first-order valence-electron chi connectivity index (χ1n) is 5.80. The number of rotatable bonds is 5. The number of carbonyl (C=O) groups excluding carboxylic acids is 1. The third-order valence-electron chi connectivity index (χ3n) is 2.58. The molecule has 0 fully saturated rings. The number of benzene rings is 1. The molecule has 0 bridgehead atoms. The molecule has 0 aromatic heterocycles. The zero-order valence-electron chi connectivity index (χ0n) is 10.5. The molecule has 1 amide bonds. The number of aryl methyl sites for hydroxylation is 1. The highest BCUT2D eigenvalue weighted by atomic mass is 19.1. The van der Waals surface area contributed by atoms with Gasteiger partial charge in [0.25, 0.3) is 0 Å². The molecule has 0 saturated heterocycles. The fourth-order valence-corrected chi connectivity index (χ4v) is 1.51. The van der Waals surface area contributed by atoms with Gasteiger partial charge in [-0.3, -0.25) is 4.79 Å². The largest absolute Gasteiger partial charge is 0.355 e. The molecule has 0 heterocycles. The van der Waals surface area contributed by atoms with Crippen LogP contribution in [-0.2, 0) is 11.3 Å². The van der Waals surface area contributed by atoms with E-state index in [9.17, 15) is 9.18 Å². The predicted molar refractivity (Wildman–Crippen MR) is 66.1 cm³/mol. The average molecular weight is 238 g/mol. The molecule has 0 saturated carbocycles. The van der Waals surface area contributed by atoms with Crippen LogP contribution in [0.3, 0.4) is 0 Å². The molecule has 2 N–H and O–H groups in total. The van der Waals surface area contributed by atoms with Crippen molar-refractivity contribution in [3.05, 3.63) is 35.1 Å². The smallest absolute Gasteiger partial charge is 0.236 e. The number of hydrogen-bond acceptors (Lipinski definition) is 2. The highest BCUT2D eigenvalue weighted by Crippen LogP contribution is 2.09. The number of nitrogens with one attached hydrogen (secondary N) is 2. The Morgan fingerprint density at radius 3 is 2.76 bits per heavy atom. The third-order valence-corrected chi connectivity index (χ3v) is 2.58. The van der Waals surface area contributed by atoms with E-state index in [4.69, 9.17) is 0 Å². The van der Waals surface area contributed by atoms with Crippen LogP contribution >= 0.6 is 0 Å². The number of halogens is 1. The first kappa shape index (κ1) is 13.6. The zero-order chi connectivity index (χ0) is 12.8. The first-order chi connectivity index (χ1) is 8.04. The number of carbonyl (C=O) groups is 1. The molecule has 0 radical (unpaired) electrons. The quantitative estimate of drug-likeness (QED) is 0.820. The summed E-state index contributed by atoms with van der Waals surface area (Å²) in [6.45, 7) is 6.60.